The summed E-state index contributed by atoms with van der Waals surface area (Å²) in [6.45, 7) is 0. The van der Waals surface area contributed by atoms with Crippen LogP contribution in [-0.2, 0) is 4.79 Å². The quantitative estimate of drug-likeness (QED) is 0.605. The van der Waals surface area contributed by atoms with E-state index in [0.29, 0.717) is 17.9 Å². The minimum Gasteiger partial charge on any atom is -0.358 e. The Morgan fingerprint density at radius 1 is 1.25 bits per heavy atom. The van der Waals surface area contributed by atoms with Gasteiger partial charge in [-0.05, 0) is 0 Å². The van der Waals surface area contributed by atoms with E-state index in [1.807, 2.05) is 30.3 Å². The summed E-state index contributed by atoms with van der Waals surface area (Å²) < 4.78 is 0. The number of carbonyl (C=O) groups is 2. The molecule has 16 heavy (non-hydrogen) atoms. The van der Waals surface area contributed by atoms with Crippen molar-refractivity contribution >= 4 is 23.5 Å². The van der Waals surface area contributed by atoms with Crippen molar-refractivity contribution in [2.24, 2.45) is 0 Å². The number of ketones is 1. The van der Waals surface area contributed by atoms with Gasteiger partial charge in [0.05, 0.1) is 5.75 Å². The molecule has 0 aromatic heterocycles. The third-order valence-electron chi connectivity index (χ3n) is 2.08. The Morgan fingerprint density at radius 2 is 1.94 bits per heavy atom. The lowest BCUT2D eigenvalue weighted by molar-refractivity contribution is -0.118. The molecule has 86 valence electrons. The number of benzene rings is 1. The van der Waals surface area contributed by atoms with Gasteiger partial charge in [-0.25, -0.2) is 0 Å². The van der Waals surface area contributed by atoms with Crippen molar-refractivity contribution < 1.29 is 9.59 Å². The van der Waals surface area contributed by atoms with E-state index in [1.54, 1.807) is 7.05 Å². The summed E-state index contributed by atoms with van der Waals surface area (Å²) in [6, 6.07) is 9.21. The summed E-state index contributed by atoms with van der Waals surface area (Å²) in [5.41, 5.74) is 0.739. The number of rotatable bonds is 6. The van der Waals surface area contributed by atoms with E-state index >= 15 is 0 Å². The Morgan fingerprint density at radius 3 is 2.56 bits per heavy atom. The van der Waals surface area contributed by atoms with Crippen molar-refractivity contribution in [3.8, 4) is 0 Å². The zero-order valence-corrected chi connectivity index (χ0v) is 10.0. The van der Waals surface area contributed by atoms with Crippen LogP contribution in [0.3, 0.4) is 0 Å². The molecule has 0 saturated carbocycles. The standard InChI is InChI=1S/C12H15NO2S/c1-13-12(15)9-16-8-7-11(14)10-5-3-2-4-6-10/h2-6H,7-9H2,1H3,(H,13,15). The van der Waals surface area contributed by atoms with Gasteiger partial charge < -0.3 is 5.32 Å². The average molecular weight is 237 g/mol. The molecule has 4 heteroatoms. The highest BCUT2D eigenvalue weighted by Crippen LogP contribution is 2.07. The second-order valence-electron chi connectivity index (χ2n) is 3.26. The van der Waals surface area contributed by atoms with Crippen molar-refractivity contribution in [3.63, 3.8) is 0 Å². The molecule has 0 aliphatic carbocycles. The summed E-state index contributed by atoms with van der Waals surface area (Å²) in [7, 11) is 1.61. The summed E-state index contributed by atoms with van der Waals surface area (Å²) in [6.07, 6.45) is 0.478. The normalized spacial score (nSPS) is 9.81. The lowest BCUT2D eigenvalue weighted by Crippen LogP contribution is -2.20. The number of thioether (sulfide) groups is 1. The first-order chi connectivity index (χ1) is 7.74. The molecule has 0 aliphatic rings. The Balaban J connectivity index is 2.24. The van der Waals surface area contributed by atoms with Gasteiger partial charge in [0, 0.05) is 24.8 Å². The predicted octanol–water partition coefficient (Wildman–Crippen LogP) is 1.74. The molecule has 1 aromatic rings. The molecule has 1 amide bonds. The second-order valence-corrected chi connectivity index (χ2v) is 4.37. The number of nitrogens with one attached hydrogen (secondary N) is 1. The fourth-order valence-corrected chi connectivity index (χ4v) is 1.97. The topological polar surface area (TPSA) is 46.2 Å². The lowest BCUT2D eigenvalue weighted by atomic mass is 10.1. The molecule has 0 unspecified atom stereocenters. The number of hydrogen-bond acceptors (Lipinski definition) is 3. The number of carbonyl (C=O) groups excluding carboxylic acids is 2. The van der Waals surface area contributed by atoms with E-state index in [9.17, 15) is 9.59 Å². The third kappa shape index (κ3) is 4.49. The van der Waals surface area contributed by atoms with Gasteiger partial charge >= 0.3 is 0 Å². The lowest BCUT2D eigenvalue weighted by Gasteiger charge is -2.01. The van der Waals surface area contributed by atoms with Crippen LogP contribution in [0.2, 0.25) is 0 Å². The molecule has 0 radical (unpaired) electrons. The maximum atomic E-state index is 11.6. The first-order valence-electron chi connectivity index (χ1n) is 5.10. The van der Waals surface area contributed by atoms with Crippen LogP contribution in [-0.4, -0.2) is 30.2 Å². The highest BCUT2D eigenvalue weighted by atomic mass is 32.2. The van der Waals surface area contributed by atoms with E-state index < -0.39 is 0 Å². The van der Waals surface area contributed by atoms with Crippen LogP contribution in [0.1, 0.15) is 16.8 Å². The highest BCUT2D eigenvalue weighted by molar-refractivity contribution is 7.99. The molecule has 1 N–H and O–H groups in total. The SMILES string of the molecule is CNC(=O)CSCCC(=O)c1ccccc1. The van der Waals surface area contributed by atoms with Gasteiger partial charge in [-0.1, -0.05) is 30.3 Å². The molecule has 0 fully saturated rings. The molecule has 0 saturated heterocycles. The number of amides is 1. The Bertz CT molecular complexity index is 351. The van der Waals surface area contributed by atoms with Gasteiger partial charge in [0.2, 0.25) is 5.91 Å². The van der Waals surface area contributed by atoms with Crippen molar-refractivity contribution in [3.05, 3.63) is 35.9 Å². The van der Waals surface area contributed by atoms with Crippen molar-refractivity contribution in [2.45, 2.75) is 6.42 Å². The largest absolute Gasteiger partial charge is 0.358 e. The Kier molecular flexibility index (Phi) is 5.64. The molecule has 3 nitrogen and oxygen atoms in total. The van der Waals surface area contributed by atoms with E-state index in [2.05, 4.69) is 5.32 Å². The third-order valence-corrected chi connectivity index (χ3v) is 3.04. The number of Topliss-reactive ketones (excluding diaryl/α,β-unsaturated/α-hetero) is 1. The molecule has 1 rings (SSSR count). The molecule has 0 bridgehead atoms. The average Bonchev–Trinajstić information content (AvgIpc) is 2.35. The predicted molar refractivity (Wildman–Crippen MR) is 66.8 cm³/mol. The molecule has 1 aromatic carbocycles. The van der Waals surface area contributed by atoms with Gasteiger partial charge in [-0.15, -0.1) is 0 Å². The molecule has 0 heterocycles. The van der Waals surface area contributed by atoms with Crippen LogP contribution >= 0.6 is 11.8 Å². The van der Waals surface area contributed by atoms with Crippen molar-refractivity contribution in [2.75, 3.05) is 18.6 Å². The summed E-state index contributed by atoms with van der Waals surface area (Å²) in [4.78, 5) is 22.6. The van der Waals surface area contributed by atoms with Gasteiger partial charge in [0.15, 0.2) is 5.78 Å². The fraction of sp³-hybridized carbons (Fsp3) is 0.333. The van der Waals surface area contributed by atoms with Crippen LogP contribution in [0.4, 0.5) is 0 Å². The fourth-order valence-electron chi connectivity index (χ4n) is 1.17. The smallest absolute Gasteiger partial charge is 0.229 e. The number of hydrogen-bond donors (Lipinski definition) is 1. The minimum atomic E-state index is -0.00263. The van der Waals surface area contributed by atoms with E-state index in [4.69, 9.17) is 0 Å². The van der Waals surface area contributed by atoms with E-state index in [-0.39, 0.29) is 11.7 Å². The van der Waals surface area contributed by atoms with Gasteiger partial charge in [0.25, 0.3) is 0 Å². The zero-order valence-electron chi connectivity index (χ0n) is 9.23. The maximum absolute atomic E-state index is 11.6. The molecule has 0 spiro atoms. The maximum Gasteiger partial charge on any atom is 0.229 e. The monoisotopic (exact) mass is 237 g/mol. The van der Waals surface area contributed by atoms with E-state index in [0.717, 1.165) is 5.56 Å². The van der Waals surface area contributed by atoms with Crippen LogP contribution < -0.4 is 5.32 Å². The highest BCUT2D eigenvalue weighted by Gasteiger charge is 2.05. The summed E-state index contributed by atoms with van der Waals surface area (Å²) in [5, 5.41) is 2.54. The van der Waals surface area contributed by atoms with Crippen LogP contribution in [0.15, 0.2) is 30.3 Å². The second kappa shape index (κ2) is 7.06. The van der Waals surface area contributed by atoms with Crippen molar-refractivity contribution in [1.29, 1.82) is 0 Å². The van der Waals surface area contributed by atoms with Crippen LogP contribution in [0.5, 0.6) is 0 Å². The van der Waals surface area contributed by atoms with Crippen LogP contribution in [0, 0.1) is 0 Å². The Hall–Kier alpha value is -1.29. The molecular formula is C12H15NO2S. The van der Waals surface area contributed by atoms with Gasteiger partial charge in [-0.2, -0.15) is 11.8 Å². The summed E-state index contributed by atoms with van der Waals surface area (Å²) >= 11 is 1.48. The van der Waals surface area contributed by atoms with Gasteiger partial charge in [-0.3, -0.25) is 9.59 Å². The molecule has 0 atom stereocenters. The minimum absolute atomic E-state index is 0.00263. The first kappa shape index (κ1) is 12.8. The molecule has 0 aliphatic heterocycles. The van der Waals surface area contributed by atoms with Crippen molar-refractivity contribution in [1.82, 2.24) is 5.32 Å². The van der Waals surface area contributed by atoms with Gasteiger partial charge in [0.1, 0.15) is 0 Å². The van der Waals surface area contributed by atoms with Crippen LogP contribution in [0.25, 0.3) is 0 Å². The zero-order chi connectivity index (χ0) is 11.8. The first-order valence-corrected chi connectivity index (χ1v) is 6.26. The Labute approximate surface area is 99.6 Å². The molecular weight excluding hydrogens is 222 g/mol. The van der Waals surface area contributed by atoms with E-state index in [1.165, 1.54) is 11.8 Å². The summed E-state index contributed by atoms with van der Waals surface area (Å²) in [5.74, 6) is 1.22.